The Morgan fingerprint density at radius 2 is 1.07 bits per heavy atom. The van der Waals surface area contributed by atoms with Gasteiger partial charge in [-0.2, -0.15) is 0 Å². The summed E-state index contributed by atoms with van der Waals surface area (Å²) in [4.78, 5) is 24.7. The van der Waals surface area contributed by atoms with Crippen LogP contribution >= 0.6 is 0 Å². The van der Waals surface area contributed by atoms with Crippen LogP contribution in [0.2, 0.25) is 0 Å². The van der Waals surface area contributed by atoms with Gasteiger partial charge in [-0.05, 0) is 95.8 Å². The second-order valence-electron chi connectivity index (χ2n) is 20.5. The Morgan fingerprint density at radius 1 is 0.552 bits per heavy atom. The van der Waals surface area contributed by atoms with Gasteiger partial charge in [0, 0.05) is 39.0 Å². The van der Waals surface area contributed by atoms with Crippen molar-refractivity contribution < 1.29 is 9.90 Å². The van der Waals surface area contributed by atoms with Gasteiger partial charge >= 0.3 is 0 Å². The zero-order valence-electron chi connectivity index (χ0n) is 36.3. The third-order valence-corrected chi connectivity index (χ3v) is 11.9. The van der Waals surface area contributed by atoms with Crippen molar-refractivity contribution in [1.82, 2.24) is 0 Å². The van der Waals surface area contributed by atoms with Gasteiger partial charge in [-0.25, -0.2) is 9.98 Å². The third-order valence-electron chi connectivity index (χ3n) is 11.9. The van der Waals surface area contributed by atoms with E-state index in [-0.39, 0.29) is 27.4 Å². The number of aliphatic imine (C=N–C) groups is 2. The molecule has 4 nitrogen and oxygen atoms in total. The predicted octanol–water partition coefficient (Wildman–Crippen LogP) is 13.5. The first-order valence-corrected chi connectivity index (χ1v) is 20.6. The quantitative estimate of drug-likeness (QED) is 0.182. The summed E-state index contributed by atoms with van der Waals surface area (Å²) in [7, 11) is 0. The third kappa shape index (κ3) is 6.91. The summed E-state index contributed by atoms with van der Waals surface area (Å²) in [5.74, 6) is 1.04. The average molecular weight is 765 g/mol. The van der Waals surface area contributed by atoms with Crippen molar-refractivity contribution in [2.75, 3.05) is 0 Å². The van der Waals surface area contributed by atoms with Crippen LogP contribution in [0.5, 0.6) is 5.75 Å². The van der Waals surface area contributed by atoms with E-state index in [0.717, 1.165) is 56.8 Å². The average Bonchev–Trinajstić information content (AvgIpc) is 3.58. The van der Waals surface area contributed by atoms with Crippen molar-refractivity contribution in [1.29, 1.82) is 0 Å². The molecular weight excluding hydrogens is 709 g/mol. The molecule has 0 bridgehead atoms. The number of Topliss-reactive ketones (excluding diaryl/α,β-unsaturated/α-hetero) is 1. The summed E-state index contributed by atoms with van der Waals surface area (Å²) < 4.78 is 0. The van der Waals surface area contributed by atoms with Gasteiger partial charge in [0.15, 0.2) is 11.6 Å². The largest absolute Gasteiger partial charge is 0.507 e. The van der Waals surface area contributed by atoms with Gasteiger partial charge in [0.2, 0.25) is 0 Å². The topological polar surface area (TPSA) is 62.0 Å². The lowest BCUT2D eigenvalue weighted by Gasteiger charge is -2.31. The lowest BCUT2D eigenvalue weighted by atomic mass is 9.71. The second-order valence-corrected chi connectivity index (χ2v) is 20.5. The van der Waals surface area contributed by atoms with Crippen molar-refractivity contribution in [3.63, 3.8) is 0 Å². The summed E-state index contributed by atoms with van der Waals surface area (Å²) in [5, 5.41) is 19.5. The summed E-state index contributed by atoms with van der Waals surface area (Å²) >= 11 is 0. The molecule has 0 aromatic heterocycles. The van der Waals surface area contributed by atoms with E-state index in [1.165, 1.54) is 43.4 Å². The SMILES string of the molecule is CC(C)(C)C1=CC(=C2N=C(c3ccc(Cc4ccc5ccc6cccc7ccc4c5c67)cc3)N=C2c2cc(C(C)(C)C)c(O)c(C(C)(C)C)c2)C=C(C(C)(C)C)C1=O. The molecule has 0 saturated heterocycles. The Bertz CT molecular complexity index is 2740. The van der Waals surface area contributed by atoms with Gasteiger partial charge in [-0.1, -0.05) is 162 Å². The van der Waals surface area contributed by atoms with E-state index in [0.29, 0.717) is 11.6 Å². The maximum atomic E-state index is 14.0. The fourth-order valence-corrected chi connectivity index (χ4v) is 8.61. The smallest absolute Gasteiger partial charge is 0.186 e. The van der Waals surface area contributed by atoms with Gasteiger partial charge in [0.1, 0.15) is 5.75 Å². The summed E-state index contributed by atoms with van der Waals surface area (Å²) in [6.45, 7) is 25.3. The zero-order chi connectivity index (χ0) is 41.7. The molecule has 0 unspecified atom stereocenters. The van der Waals surface area contributed by atoms with Crippen molar-refractivity contribution >= 4 is 49.6 Å². The normalized spacial score (nSPS) is 15.8. The van der Waals surface area contributed by atoms with Crippen LogP contribution in [0.15, 0.2) is 136 Å². The fourth-order valence-electron chi connectivity index (χ4n) is 8.61. The molecule has 58 heavy (non-hydrogen) atoms. The molecule has 0 saturated carbocycles. The lowest BCUT2D eigenvalue weighted by molar-refractivity contribution is -0.114. The highest BCUT2D eigenvalue weighted by Gasteiger charge is 2.36. The first kappa shape index (κ1) is 39.2. The number of hydrogen-bond acceptors (Lipinski definition) is 4. The summed E-state index contributed by atoms with van der Waals surface area (Å²) in [6.07, 6.45) is 4.87. The van der Waals surface area contributed by atoms with Gasteiger partial charge in [0.05, 0.1) is 11.4 Å². The number of carbonyl (C=O) groups is 1. The number of benzene rings is 6. The van der Waals surface area contributed by atoms with Crippen LogP contribution in [0.1, 0.15) is 116 Å². The molecule has 0 radical (unpaired) electrons. The van der Waals surface area contributed by atoms with E-state index in [4.69, 9.17) is 9.98 Å². The number of allylic oxidation sites excluding steroid dienone is 6. The van der Waals surface area contributed by atoms with Crippen molar-refractivity contribution in [3.8, 4) is 5.75 Å². The molecule has 4 heteroatoms. The predicted molar refractivity (Wildman–Crippen MR) is 245 cm³/mol. The molecule has 2 aliphatic rings. The zero-order valence-corrected chi connectivity index (χ0v) is 36.3. The highest BCUT2D eigenvalue weighted by molar-refractivity contribution is 6.26. The molecular formula is C54H56N2O2. The molecule has 0 atom stereocenters. The Labute approximate surface area is 344 Å². The van der Waals surface area contributed by atoms with Crippen LogP contribution < -0.4 is 0 Å². The molecule has 6 aromatic carbocycles. The lowest BCUT2D eigenvalue weighted by Crippen LogP contribution is -2.28. The monoisotopic (exact) mass is 764 g/mol. The Morgan fingerprint density at radius 3 is 1.60 bits per heavy atom. The second kappa shape index (κ2) is 13.5. The molecule has 8 rings (SSSR count). The van der Waals surface area contributed by atoms with E-state index >= 15 is 0 Å². The van der Waals surface area contributed by atoms with Crippen molar-refractivity contribution in [2.45, 2.75) is 100 Å². The van der Waals surface area contributed by atoms with E-state index in [1.54, 1.807) is 0 Å². The molecule has 0 amide bonds. The Balaban J connectivity index is 1.27. The highest BCUT2D eigenvalue weighted by atomic mass is 16.3. The Kier molecular flexibility index (Phi) is 9.12. The summed E-state index contributed by atoms with van der Waals surface area (Å²) in [5.41, 5.74) is 8.52. The maximum absolute atomic E-state index is 14.0. The van der Waals surface area contributed by atoms with Crippen LogP contribution in [-0.4, -0.2) is 22.4 Å². The molecule has 1 aliphatic heterocycles. The number of aromatic hydroxyl groups is 1. The van der Waals surface area contributed by atoms with Crippen LogP contribution in [0.25, 0.3) is 32.3 Å². The molecule has 0 fully saturated rings. The van der Waals surface area contributed by atoms with E-state index < -0.39 is 0 Å². The fraction of sp³-hybridized carbons (Fsp3) is 0.315. The number of ketones is 1. The molecule has 294 valence electrons. The minimum Gasteiger partial charge on any atom is -0.507 e. The molecule has 1 aliphatic carbocycles. The van der Waals surface area contributed by atoms with Crippen LogP contribution in [0.4, 0.5) is 0 Å². The number of nitrogens with zero attached hydrogens (tertiary/aromatic N) is 2. The standard InChI is InChI=1S/C54H56N2O2/c1-51(2,3)40-27-37(28-41(48(40)57)52(4,5)6)46-47(38-29-42(53(7,8)9)49(58)43(30-38)54(10,11)12)56-50(55-46)35-18-16-31(17-19-35)26-36-23-22-34-21-20-32-14-13-15-33-24-25-39(36)45(34)44(32)33/h13-25,27-30,57H,26H2,1-12H3. The van der Waals surface area contributed by atoms with Gasteiger partial charge in [-0.3, -0.25) is 4.79 Å². The number of amidine groups is 1. The van der Waals surface area contributed by atoms with Crippen molar-refractivity contribution in [3.05, 3.63) is 159 Å². The van der Waals surface area contributed by atoms with Crippen LogP contribution in [0.3, 0.4) is 0 Å². The molecule has 0 spiro atoms. The number of carbonyl (C=O) groups excluding carboxylic acids is 1. The van der Waals surface area contributed by atoms with Gasteiger partial charge in [-0.15, -0.1) is 0 Å². The highest BCUT2D eigenvalue weighted by Crippen LogP contribution is 2.44. The van der Waals surface area contributed by atoms with Crippen LogP contribution in [0, 0.1) is 10.8 Å². The van der Waals surface area contributed by atoms with Gasteiger partial charge < -0.3 is 5.11 Å². The number of rotatable bonds is 4. The number of phenols is 1. The molecule has 6 aromatic rings. The van der Waals surface area contributed by atoms with Crippen molar-refractivity contribution in [2.24, 2.45) is 20.8 Å². The number of hydrogen-bond donors (Lipinski definition) is 1. The molecule has 1 heterocycles. The molecule has 1 N–H and O–H groups in total. The maximum Gasteiger partial charge on any atom is 0.186 e. The first-order chi connectivity index (χ1) is 27.1. The van der Waals surface area contributed by atoms with E-state index in [9.17, 15) is 9.90 Å². The summed E-state index contributed by atoms with van der Waals surface area (Å²) in [6, 6.07) is 32.9. The minimum absolute atomic E-state index is 0.0833. The van der Waals surface area contributed by atoms with Gasteiger partial charge in [0.25, 0.3) is 0 Å². The first-order valence-electron chi connectivity index (χ1n) is 20.6. The van der Waals surface area contributed by atoms with E-state index in [1.807, 2.05) is 12.2 Å². The number of phenolic OH excluding ortho intramolecular Hbond substituents is 1. The van der Waals surface area contributed by atoms with Crippen LogP contribution in [-0.2, 0) is 22.0 Å². The Hall–Kier alpha value is -5.61. The minimum atomic E-state index is -0.377. The van der Waals surface area contributed by atoms with E-state index in [2.05, 4.69) is 174 Å².